The van der Waals surface area contributed by atoms with Crippen molar-refractivity contribution < 1.29 is 14.4 Å². The van der Waals surface area contributed by atoms with Crippen LogP contribution in [0.1, 0.15) is 47.7 Å². The van der Waals surface area contributed by atoms with Gasteiger partial charge in [0.05, 0.1) is 0 Å². The Balaban J connectivity index is 1.74. The molecule has 2 atom stereocenters. The van der Waals surface area contributed by atoms with Crippen LogP contribution >= 0.6 is 0 Å². The third-order valence-electron chi connectivity index (χ3n) is 5.39. The number of nitrogens with two attached hydrogens (primary N) is 1. The van der Waals surface area contributed by atoms with Gasteiger partial charge in [0.1, 0.15) is 6.04 Å². The van der Waals surface area contributed by atoms with Crippen molar-refractivity contribution in [3.8, 4) is 0 Å². The highest BCUT2D eigenvalue weighted by Crippen LogP contribution is 2.28. The number of benzene rings is 1. The summed E-state index contributed by atoms with van der Waals surface area (Å²) in [5.74, 6) is -0.787. The highest BCUT2D eigenvalue weighted by atomic mass is 16.2. The summed E-state index contributed by atoms with van der Waals surface area (Å²) in [6, 6.07) is 5.60. The van der Waals surface area contributed by atoms with Crippen molar-refractivity contribution in [1.82, 2.24) is 15.1 Å². The first-order valence-electron chi connectivity index (χ1n) is 9.11. The van der Waals surface area contributed by atoms with Crippen LogP contribution in [0.5, 0.6) is 0 Å². The van der Waals surface area contributed by atoms with Gasteiger partial charge in [0.15, 0.2) is 0 Å². The lowest BCUT2D eigenvalue weighted by atomic mass is 10.0. The Kier molecular flexibility index (Phi) is 5.38. The minimum absolute atomic E-state index is 0.136. The van der Waals surface area contributed by atoms with Gasteiger partial charge in [-0.05, 0) is 37.1 Å². The number of hydrogen-bond acceptors (Lipinski definition) is 5. The first-order valence-corrected chi connectivity index (χ1v) is 9.11. The molecule has 0 saturated carbocycles. The molecule has 7 heteroatoms. The zero-order valence-corrected chi connectivity index (χ0v) is 15.3. The number of rotatable bonds is 6. The van der Waals surface area contributed by atoms with Gasteiger partial charge < -0.3 is 10.6 Å². The summed E-state index contributed by atoms with van der Waals surface area (Å²) < 4.78 is 0. The molecular formula is C19H26N4O3. The Bertz CT molecular complexity index is 729. The van der Waals surface area contributed by atoms with Crippen molar-refractivity contribution in [2.75, 3.05) is 13.6 Å². The van der Waals surface area contributed by atoms with Gasteiger partial charge in [-0.25, -0.2) is 0 Å². The summed E-state index contributed by atoms with van der Waals surface area (Å²) in [6.45, 7) is 3.90. The number of piperidine rings is 1. The van der Waals surface area contributed by atoms with Crippen molar-refractivity contribution in [2.45, 2.75) is 51.4 Å². The highest BCUT2D eigenvalue weighted by molar-refractivity contribution is 6.05. The maximum atomic E-state index is 12.7. The molecule has 2 heterocycles. The van der Waals surface area contributed by atoms with Gasteiger partial charge in [0.2, 0.25) is 11.8 Å². The molecule has 1 fully saturated rings. The van der Waals surface area contributed by atoms with E-state index in [-0.39, 0.29) is 24.1 Å². The first-order chi connectivity index (χ1) is 12.4. The summed E-state index contributed by atoms with van der Waals surface area (Å²) in [5.41, 5.74) is 8.52. The topological polar surface area (TPSA) is 95.7 Å². The molecule has 2 aliphatic rings. The normalized spacial score (nSPS) is 21.2. The van der Waals surface area contributed by atoms with E-state index < -0.39 is 6.04 Å². The minimum atomic E-state index is -0.569. The van der Waals surface area contributed by atoms with Crippen molar-refractivity contribution >= 4 is 17.7 Å². The number of imide groups is 1. The number of amides is 3. The van der Waals surface area contributed by atoms with Crippen LogP contribution < -0.4 is 11.1 Å². The molecular weight excluding hydrogens is 332 g/mol. The number of carbonyl (C=O) groups excluding carboxylic acids is 3. The van der Waals surface area contributed by atoms with Gasteiger partial charge in [0, 0.05) is 37.7 Å². The molecule has 0 aromatic heterocycles. The van der Waals surface area contributed by atoms with Crippen molar-refractivity contribution in [3.05, 3.63) is 34.9 Å². The Morgan fingerprint density at radius 1 is 1.35 bits per heavy atom. The molecule has 0 radical (unpaired) electrons. The average molecular weight is 358 g/mol. The SMILES string of the molecule is CCC(CN)N(C)Cc1ccc2c(c1)CN(C1CCC(=O)NC1=O)C2=O. The molecule has 1 aromatic carbocycles. The summed E-state index contributed by atoms with van der Waals surface area (Å²) in [7, 11) is 2.05. The number of hydrogen-bond donors (Lipinski definition) is 2. The standard InChI is InChI=1S/C19H26N4O3/c1-3-14(9-20)22(2)10-12-4-5-15-13(8-12)11-23(19(15)26)16-6-7-17(24)21-18(16)25/h4-5,8,14,16H,3,6-7,9-11,20H2,1-2H3,(H,21,24,25). The maximum absolute atomic E-state index is 12.7. The van der Waals surface area contributed by atoms with Crippen LogP contribution in [0.15, 0.2) is 18.2 Å². The number of nitrogens with zero attached hydrogens (tertiary/aromatic N) is 2. The van der Waals surface area contributed by atoms with E-state index in [0.717, 1.165) is 24.1 Å². The monoisotopic (exact) mass is 358 g/mol. The highest BCUT2D eigenvalue weighted by Gasteiger charge is 2.39. The largest absolute Gasteiger partial charge is 0.329 e. The molecule has 140 valence electrons. The summed E-state index contributed by atoms with van der Waals surface area (Å²) in [4.78, 5) is 39.9. The second-order valence-corrected chi connectivity index (χ2v) is 7.10. The first kappa shape index (κ1) is 18.5. The van der Waals surface area contributed by atoms with Crippen LogP contribution in [0.4, 0.5) is 0 Å². The molecule has 26 heavy (non-hydrogen) atoms. The molecule has 1 aromatic rings. The molecule has 3 rings (SSSR count). The quantitative estimate of drug-likeness (QED) is 0.727. The summed E-state index contributed by atoms with van der Waals surface area (Å²) in [6.07, 6.45) is 1.64. The number of nitrogens with one attached hydrogen (secondary N) is 1. The number of likely N-dealkylation sites (N-methyl/N-ethyl adjacent to an activating group) is 1. The van der Waals surface area contributed by atoms with Gasteiger partial charge in [-0.1, -0.05) is 19.1 Å². The van der Waals surface area contributed by atoms with E-state index >= 15 is 0 Å². The molecule has 0 bridgehead atoms. The van der Waals surface area contributed by atoms with Crippen LogP contribution in [-0.4, -0.2) is 53.2 Å². The van der Waals surface area contributed by atoms with E-state index in [4.69, 9.17) is 5.73 Å². The Hall–Kier alpha value is -2.25. The second-order valence-electron chi connectivity index (χ2n) is 7.10. The molecule has 0 aliphatic carbocycles. The number of fused-ring (bicyclic) bond motifs is 1. The van der Waals surface area contributed by atoms with E-state index in [9.17, 15) is 14.4 Å². The minimum Gasteiger partial charge on any atom is -0.329 e. The Morgan fingerprint density at radius 3 is 2.77 bits per heavy atom. The van der Waals surface area contributed by atoms with E-state index in [1.807, 2.05) is 18.2 Å². The lowest BCUT2D eigenvalue weighted by molar-refractivity contribution is -0.136. The van der Waals surface area contributed by atoms with E-state index in [0.29, 0.717) is 31.1 Å². The van der Waals surface area contributed by atoms with E-state index in [1.54, 1.807) is 4.90 Å². The molecule has 1 saturated heterocycles. The maximum Gasteiger partial charge on any atom is 0.255 e. The third-order valence-corrected chi connectivity index (χ3v) is 5.39. The number of carbonyl (C=O) groups is 3. The predicted octanol–water partition coefficient (Wildman–Crippen LogP) is 0.617. The van der Waals surface area contributed by atoms with Gasteiger partial charge in [-0.3, -0.25) is 24.6 Å². The molecule has 2 aliphatic heterocycles. The fourth-order valence-corrected chi connectivity index (χ4v) is 3.80. The Labute approximate surface area is 153 Å². The molecule has 0 spiro atoms. The second kappa shape index (κ2) is 7.55. The predicted molar refractivity (Wildman–Crippen MR) is 97.1 cm³/mol. The fraction of sp³-hybridized carbons (Fsp3) is 0.526. The lowest BCUT2D eigenvalue weighted by Crippen LogP contribution is -2.52. The van der Waals surface area contributed by atoms with Crippen LogP contribution in [0.2, 0.25) is 0 Å². The molecule has 3 N–H and O–H groups in total. The summed E-state index contributed by atoms with van der Waals surface area (Å²) >= 11 is 0. The zero-order valence-electron chi connectivity index (χ0n) is 15.3. The van der Waals surface area contributed by atoms with Crippen LogP contribution in [0.3, 0.4) is 0 Å². The Morgan fingerprint density at radius 2 is 2.12 bits per heavy atom. The summed E-state index contributed by atoms with van der Waals surface area (Å²) in [5, 5.41) is 2.33. The zero-order chi connectivity index (χ0) is 18.8. The van der Waals surface area contributed by atoms with Gasteiger partial charge >= 0.3 is 0 Å². The molecule has 7 nitrogen and oxygen atoms in total. The van der Waals surface area contributed by atoms with Crippen molar-refractivity contribution in [1.29, 1.82) is 0 Å². The van der Waals surface area contributed by atoms with Crippen LogP contribution in [0, 0.1) is 0 Å². The average Bonchev–Trinajstić information content (AvgIpc) is 2.92. The fourth-order valence-electron chi connectivity index (χ4n) is 3.80. The van der Waals surface area contributed by atoms with Crippen LogP contribution in [-0.2, 0) is 22.7 Å². The molecule has 3 amide bonds. The van der Waals surface area contributed by atoms with E-state index in [2.05, 4.69) is 24.2 Å². The van der Waals surface area contributed by atoms with Gasteiger partial charge in [-0.15, -0.1) is 0 Å². The van der Waals surface area contributed by atoms with Crippen molar-refractivity contribution in [3.63, 3.8) is 0 Å². The van der Waals surface area contributed by atoms with Gasteiger partial charge in [0.25, 0.3) is 5.91 Å². The smallest absolute Gasteiger partial charge is 0.255 e. The lowest BCUT2D eigenvalue weighted by Gasteiger charge is -2.29. The van der Waals surface area contributed by atoms with Gasteiger partial charge in [-0.2, -0.15) is 0 Å². The molecule has 2 unspecified atom stereocenters. The third kappa shape index (κ3) is 3.50. The van der Waals surface area contributed by atoms with Crippen LogP contribution in [0.25, 0.3) is 0 Å². The van der Waals surface area contributed by atoms with Crippen molar-refractivity contribution in [2.24, 2.45) is 5.73 Å². The van der Waals surface area contributed by atoms with E-state index in [1.165, 1.54) is 0 Å².